The highest BCUT2D eigenvalue weighted by atomic mass is 16.5. The fourth-order valence-electron chi connectivity index (χ4n) is 2.09. The third-order valence-corrected chi connectivity index (χ3v) is 3.10. The van der Waals surface area contributed by atoms with Crippen LogP contribution in [-0.4, -0.2) is 16.8 Å². The monoisotopic (exact) mass is 221 g/mol. The van der Waals surface area contributed by atoms with Crippen molar-refractivity contribution in [2.75, 3.05) is 6.61 Å². The third-order valence-electron chi connectivity index (χ3n) is 3.10. The molecule has 2 N–H and O–H groups in total. The number of hydrogen-bond acceptors (Lipinski definition) is 4. The van der Waals surface area contributed by atoms with Crippen LogP contribution in [-0.2, 0) is 6.54 Å². The van der Waals surface area contributed by atoms with E-state index in [1.165, 1.54) is 32.1 Å². The van der Waals surface area contributed by atoms with Crippen LogP contribution >= 0.6 is 0 Å². The lowest BCUT2D eigenvalue weighted by molar-refractivity contribution is 0.201. The van der Waals surface area contributed by atoms with Crippen molar-refractivity contribution in [3.05, 3.63) is 17.8 Å². The summed E-state index contributed by atoms with van der Waals surface area (Å²) in [6.45, 7) is 1.20. The summed E-state index contributed by atoms with van der Waals surface area (Å²) in [6.07, 6.45) is 6.63. The fraction of sp³-hybridized carbons (Fsp3) is 0.667. The summed E-state index contributed by atoms with van der Waals surface area (Å²) in [6, 6.07) is 3.71. The van der Waals surface area contributed by atoms with E-state index in [0.717, 1.165) is 12.3 Å². The van der Waals surface area contributed by atoms with E-state index in [0.29, 0.717) is 18.3 Å². The van der Waals surface area contributed by atoms with Crippen LogP contribution < -0.4 is 10.5 Å². The molecule has 4 heteroatoms. The molecule has 16 heavy (non-hydrogen) atoms. The largest absolute Gasteiger partial charge is 0.476 e. The molecule has 1 aliphatic carbocycles. The van der Waals surface area contributed by atoms with E-state index in [4.69, 9.17) is 10.5 Å². The molecule has 0 amide bonds. The van der Waals surface area contributed by atoms with Gasteiger partial charge >= 0.3 is 0 Å². The first-order valence-electron chi connectivity index (χ1n) is 6.04. The molecule has 2 rings (SSSR count). The quantitative estimate of drug-likeness (QED) is 0.843. The Hall–Kier alpha value is -1.16. The second-order valence-corrected chi connectivity index (χ2v) is 4.38. The zero-order valence-electron chi connectivity index (χ0n) is 9.56. The molecule has 0 saturated heterocycles. The van der Waals surface area contributed by atoms with Crippen molar-refractivity contribution in [1.82, 2.24) is 10.2 Å². The zero-order valence-corrected chi connectivity index (χ0v) is 9.56. The first kappa shape index (κ1) is 11.3. The molecule has 0 bridgehead atoms. The van der Waals surface area contributed by atoms with Gasteiger partial charge in [-0.3, -0.25) is 0 Å². The van der Waals surface area contributed by atoms with E-state index in [1.54, 1.807) is 0 Å². The normalized spacial score (nSPS) is 17.3. The Morgan fingerprint density at radius 3 is 2.62 bits per heavy atom. The molecule has 1 heterocycles. The smallest absolute Gasteiger partial charge is 0.233 e. The molecule has 1 fully saturated rings. The van der Waals surface area contributed by atoms with Gasteiger partial charge in [0.05, 0.1) is 12.3 Å². The number of aromatic nitrogens is 2. The van der Waals surface area contributed by atoms with E-state index < -0.39 is 0 Å². The average Bonchev–Trinajstić information content (AvgIpc) is 2.38. The minimum absolute atomic E-state index is 0.426. The van der Waals surface area contributed by atoms with Gasteiger partial charge < -0.3 is 10.5 Å². The third kappa shape index (κ3) is 3.17. The predicted octanol–water partition coefficient (Wildman–Crippen LogP) is 1.89. The lowest BCUT2D eigenvalue weighted by Crippen LogP contribution is -2.16. The summed E-state index contributed by atoms with van der Waals surface area (Å²) in [4.78, 5) is 0. The Balaban J connectivity index is 1.79. The lowest BCUT2D eigenvalue weighted by atomic mass is 9.90. The number of nitrogens with zero attached hydrogens (tertiary/aromatic N) is 2. The minimum Gasteiger partial charge on any atom is -0.476 e. The molecular formula is C12H19N3O. The van der Waals surface area contributed by atoms with Crippen LogP contribution in [0.3, 0.4) is 0 Å². The van der Waals surface area contributed by atoms with Crippen LogP contribution in [0.25, 0.3) is 0 Å². The van der Waals surface area contributed by atoms with E-state index in [1.807, 2.05) is 12.1 Å². The van der Waals surface area contributed by atoms with Crippen molar-refractivity contribution in [1.29, 1.82) is 0 Å². The Morgan fingerprint density at radius 1 is 1.19 bits per heavy atom. The highest BCUT2D eigenvalue weighted by molar-refractivity contribution is 5.11. The van der Waals surface area contributed by atoms with E-state index >= 15 is 0 Å². The summed E-state index contributed by atoms with van der Waals surface area (Å²) in [5.41, 5.74) is 6.24. The van der Waals surface area contributed by atoms with E-state index in [9.17, 15) is 0 Å². The second-order valence-electron chi connectivity index (χ2n) is 4.38. The summed E-state index contributed by atoms with van der Waals surface area (Å²) < 4.78 is 5.63. The molecule has 4 nitrogen and oxygen atoms in total. The van der Waals surface area contributed by atoms with Gasteiger partial charge in [0.2, 0.25) is 5.88 Å². The first-order chi connectivity index (χ1) is 7.88. The lowest BCUT2D eigenvalue weighted by Gasteiger charge is -2.21. The maximum atomic E-state index is 5.63. The van der Waals surface area contributed by atoms with Gasteiger partial charge in [-0.2, -0.15) is 5.10 Å². The topological polar surface area (TPSA) is 61.0 Å². The van der Waals surface area contributed by atoms with Crippen LogP contribution in [0.1, 0.15) is 37.8 Å². The SMILES string of the molecule is NCc1ccc(OCC2CCCCC2)nn1. The Bertz CT molecular complexity index is 307. The molecule has 0 radical (unpaired) electrons. The van der Waals surface area contributed by atoms with Crippen molar-refractivity contribution in [3.63, 3.8) is 0 Å². The van der Waals surface area contributed by atoms with Gasteiger partial charge in [-0.15, -0.1) is 5.10 Å². The summed E-state index contributed by atoms with van der Waals surface area (Å²) in [5, 5.41) is 7.94. The van der Waals surface area contributed by atoms with E-state index in [-0.39, 0.29) is 0 Å². The van der Waals surface area contributed by atoms with Gasteiger partial charge in [-0.25, -0.2) is 0 Å². The van der Waals surface area contributed by atoms with Crippen molar-refractivity contribution in [2.24, 2.45) is 11.7 Å². The molecule has 88 valence electrons. The van der Waals surface area contributed by atoms with Gasteiger partial charge in [0.1, 0.15) is 0 Å². The van der Waals surface area contributed by atoms with Crippen LogP contribution in [0.5, 0.6) is 5.88 Å². The van der Waals surface area contributed by atoms with Gasteiger partial charge in [0.15, 0.2) is 0 Å². The van der Waals surface area contributed by atoms with Gasteiger partial charge in [0, 0.05) is 12.6 Å². The van der Waals surface area contributed by atoms with E-state index in [2.05, 4.69) is 10.2 Å². The fourth-order valence-corrected chi connectivity index (χ4v) is 2.09. The number of hydrogen-bond donors (Lipinski definition) is 1. The Morgan fingerprint density at radius 2 is 2.00 bits per heavy atom. The zero-order chi connectivity index (χ0) is 11.2. The molecule has 0 unspecified atom stereocenters. The van der Waals surface area contributed by atoms with Crippen molar-refractivity contribution in [3.8, 4) is 5.88 Å². The highest BCUT2D eigenvalue weighted by Gasteiger charge is 2.14. The summed E-state index contributed by atoms with van der Waals surface area (Å²) >= 11 is 0. The van der Waals surface area contributed by atoms with Gasteiger partial charge in [0.25, 0.3) is 0 Å². The average molecular weight is 221 g/mol. The number of nitrogens with two attached hydrogens (primary N) is 1. The van der Waals surface area contributed by atoms with Crippen molar-refractivity contribution < 1.29 is 4.74 Å². The predicted molar refractivity (Wildman–Crippen MR) is 62.0 cm³/mol. The Labute approximate surface area is 96.2 Å². The molecule has 0 atom stereocenters. The molecule has 1 aromatic rings. The van der Waals surface area contributed by atoms with Gasteiger partial charge in [-0.05, 0) is 24.8 Å². The second kappa shape index (κ2) is 5.80. The molecule has 1 saturated carbocycles. The molecule has 0 spiro atoms. The molecule has 1 aliphatic rings. The Kier molecular flexibility index (Phi) is 4.10. The van der Waals surface area contributed by atoms with Crippen molar-refractivity contribution in [2.45, 2.75) is 38.6 Å². The molecular weight excluding hydrogens is 202 g/mol. The maximum Gasteiger partial charge on any atom is 0.233 e. The van der Waals surface area contributed by atoms with Crippen LogP contribution in [0.4, 0.5) is 0 Å². The highest BCUT2D eigenvalue weighted by Crippen LogP contribution is 2.24. The summed E-state index contributed by atoms with van der Waals surface area (Å²) in [5.74, 6) is 1.31. The number of rotatable bonds is 4. The molecule has 0 aliphatic heterocycles. The van der Waals surface area contributed by atoms with Gasteiger partial charge in [-0.1, -0.05) is 19.3 Å². The van der Waals surface area contributed by atoms with Crippen LogP contribution in [0.15, 0.2) is 12.1 Å². The van der Waals surface area contributed by atoms with Crippen molar-refractivity contribution >= 4 is 0 Å². The van der Waals surface area contributed by atoms with Crippen LogP contribution in [0, 0.1) is 5.92 Å². The van der Waals surface area contributed by atoms with Crippen LogP contribution in [0.2, 0.25) is 0 Å². The maximum absolute atomic E-state index is 5.63. The standard InChI is InChI=1S/C12H19N3O/c13-8-11-6-7-12(15-14-11)16-9-10-4-2-1-3-5-10/h6-7,10H,1-5,8-9,13H2. The summed E-state index contributed by atoms with van der Waals surface area (Å²) in [7, 11) is 0. The first-order valence-corrected chi connectivity index (χ1v) is 6.04. The molecule has 0 aromatic carbocycles. The minimum atomic E-state index is 0.426. The number of ether oxygens (including phenoxy) is 1. The molecule has 1 aromatic heterocycles.